The molecule has 1 aliphatic heterocycles. The Hall–Kier alpha value is -1.70. The Labute approximate surface area is 102 Å². The second-order valence-electron chi connectivity index (χ2n) is 4.31. The third-order valence-corrected chi connectivity index (χ3v) is 3.21. The van der Waals surface area contributed by atoms with E-state index in [1.165, 1.54) is 6.33 Å². The van der Waals surface area contributed by atoms with Gasteiger partial charge < -0.3 is 24.5 Å². The van der Waals surface area contributed by atoms with Crippen molar-refractivity contribution >= 4 is 11.0 Å². The number of nitrogens with zero attached hydrogens (tertiary/aromatic N) is 2. The van der Waals surface area contributed by atoms with E-state index in [9.17, 15) is 9.90 Å². The molecule has 0 aliphatic carbocycles. The van der Waals surface area contributed by atoms with Gasteiger partial charge in [0.25, 0.3) is 5.56 Å². The fourth-order valence-electron chi connectivity index (χ4n) is 2.26. The summed E-state index contributed by atoms with van der Waals surface area (Å²) in [6.07, 6.45) is 1.68. The van der Waals surface area contributed by atoms with E-state index in [1.54, 1.807) is 16.8 Å². The maximum atomic E-state index is 11.6. The smallest absolute Gasteiger partial charge is 0.260 e. The minimum absolute atomic E-state index is 0.212. The highest BCUT2D eigenvalue weighted by Gasteiger charge is 2.34. The monoisotopic (exact) mass is 251 g/mol. The Morgan fingerprint density at radius 2 is 2.44 bits per heavy atom. The SMILES string of the molecule is O=c1[nH]cnc2c1ccn2C1CC(O)C(CO)O1. The summed E-state index contributed by atoms with van der Waals surface area (Å²) in [5, 5.41) is 19.2. The summed E-state index contributed by atoms with van der Waals surface area (Å²) in [4.78, 5) is 18.2. The van der Waals surface area contributed by atoms with Gasteiger partial charge in [-0.2, -0.15) is 0 Å². The zero-order chi connectivity index (χ0) is 12.7. The minimum Gasteiger partial charge on any atom is -0.394 e. The zero-order valence-electron chi connectivity index (χ0n) is 9.48. The maximum Gasteiger partial charge on any atom is 0.260 e. The van der Waals surface area contributed by atoms with Crippen molar-refractivity contribution in [3.8, 4) is 0 Å². The van der Waals surface area contributed by atoms with Crippen LogP contribution in [-0.2, 0) is 4.74 Å². The standard InChI is InChI=1S/C11H13N3O4/c15-4-8-7(16)3-9(18-8)14-2-1-6-10(14)12-5-13-11(6)17/h1-2,5,7-9,15-16H,3-4H2,(H,12,13,17). The van der Waals surface area contributed by atoms with Gasteiger partial charge in [-0.1, -0.05) is 0 Å². The third kappa shape index (κ3) is 1.64. The first-order chi connectivity index (χ1) is 8.70. The van der Waals surface area contributed by atoms with Gasteiger partial charge in [-0.15, -0.1) is 0 Å². The van der Waals surface area contributed by atoms with Crippen LogP contribution in [0.15, 0.2) is 23.4 Å². The Morgan fingerprint density at radius 3 is 3.17 bits per heavy atom. The number of hydrogen-bond acceptors (Lipinski definition) is 5. The van der Waals surface area contributed by atoms with E-state index in [1.807, 2.05) is 0 Å². The molecule has 1 saturated heterocycles. The van der Waals surface area contributed by atoms with Crippen molar-refractivity contribution in [3.63, 3.8) is 0 Å². The summed E-state index contributed by atoms with van der Waals surface area (Å²) < 4.78 is 7.22. The zero-order valence-corrected chi connectivity index (χ0v) is 9.48. The number of nitrogens with one attached hydrogen (secondary N) is 1. The molecule has 1 aliphatic rings. The number of aliphatic hydroxyl groups excluding tert-OH is 2. The summed E-state index contributed by atoms with van der Waals surface area (Å²) in [5.74, 6) is 0. The first kappa shape index (κ1) is 11.4. The predicted molar refractivity (Wildman–Crippen MR) is 62.0 cm³/mol. The van der Waals surface area contributed by atoms with Gasteiger partial charge in [0.05, 0.1) is 24.4 Å². The van der Waals surface area contributed by atoms with Gasteiger partial charge in [-0.25, -0.2) is 4.98 Å². The van der Waals surface area contributed by atoms with Gasteiger partial charge in [0.1, 0.15) is 18.0 Å². The van der Waals surface area contributed by atoms with Crippen LogP contribution in [0.5, 0.6) is 0 Å². The van der Waals surface area contributed by atoms with E-state index in [0.29, 0.717) is 17.5 Å². The van der Waals surface area contributed by atoms with Crippen LogP contribution < -0.4 is 5.56 Å². The van der Waals surface area contributed by atoms with Gasteiger partial charge in [0.2, 0.25) is 0 Å². The van der Waals surface area contributed by atoms with Crippen molar-refractivity contribution in [1.82, 2.24) is 14.5 Å². The minimum atomic E-state index is -0.709. The fraction of sp³-hybridized carbons (Fsp3) is 0.455. The molecule has 0 saturated carbocycles. The number of aromatic amines is 1. The van der Waals surface area contributed by atoms with Crippen LogP contribution in [0, 0.1) is 0 Å². The largest absolute Gasteiger partial charge is 0.394 e. The molecule has 0 bridgehead atoms. The van der Waals surface area contributed by atoms with Crippen LogP contribution in [0.1, 0.15) is 12.6 Å². The number of ether oxygens (including phenoxy) is 1. The molecule has 7 heteroatoms. The molecule has 3 heterocycles. The molecule has 3 unspecified atom stereocenters. The molecule has 0 amide bonds. The molecular formula is C11H13N3O4. The van der Waals surface area contributed by atoms with Crippen molar-refractivity contribution in [1.29, 1.82) is 0 Å². The van der Waals surface area contributed by atoms with Crippen LogP contribution in [0.3, 0.4) is 0 Å². The number of aromatic nitrogens is 3. The normalized spacial score (nSPS) is 28.0. The molecule has 2 aromatic rings. The number of fused-ring (bicyclic) bond motifs is 1. The van der Waals surface area contributed by atoms with Crippen molar-refractivity contribution < 1.29 is 14.9 Å². The van der Waals surface area contributed by atoms with Gasteiger partial charge in [-0.3, -0.25) is 4.79 Å². The van der Waals surface area contributed by atoms with Crippen LogP contribution in [-0.4, -0.2) is 43.6 Å². The lowest BCUT2D eigenvalue weighted by molar-refractivity contribution is -0.0430. The van der Waals surface area contributed by atoms with Gasteiger partial charge in [0.15, 0.2) is 0 Å². The van der Waals surface area contributed by atoms with Crippen LogP contribution in [0.25, 0.3) is 11.0 Å². The first-order valence-electron chi connectivity index (χ1n) is 5.69. The maximum absolute atomic E-state index is 11.6. The first-order valence-corrected chi connectivity index (χ1v) is 5.69. The Morgan fingerprint density at radius 1 is 1.61 bits per heavy atom. The quantitative estimate of drug-likeness (QED) is 0.659. The number of H-pyrrole nitrogens is 1. The molecule has 3 atom stereocenters. The summed E-state index contributed by atoms with van der Waals surface area (Å²) >= 11 is 0. The molecule has 0 aromatic carbocycles. The van der Waals surface area contributed by atoms with Crippen LogP contribution in [0.2, 0.25) is 0 Å². The summed E-state index contributed by atoms with van der Waals surface area (Å²) in [6.45, 7) is -0.231. The van der Waals surface area contributed by atoms with Crippen LogP contribution >= 0.6 is 0 Å². The molecule has 7 nitrogen and oxygen atoms in total. The molecule has 0 spiro atoms. The van der Waals surface area contributed by atoms with Gasteiger partial charge >= 0.3 is 0 Å². The molecular weight excluding hydrogens is 238 g/mol. The van der Waals surface area contributed by atoms with Crippen molar-refractivity contribution in [2.75, 3.05) is 6.61 Å². The highest BCUT2D eigenvalue weighted by atomic mass is 16.5. The van der Waals surface area contributed by atoms with Gasteiger partial charge in [-0.05, 0) is 6.07 Å². The van der Waals surface area contributed by atoms with E-state index >= 15 is 0 Å². The Balaban J connectivity index is 2.01. The molecule has 3 N–H and O–H groups in total. The summed E-state index contributed by atoms with van der Waals surface area (Å²) in [5.41, 5.74) is 0.297. The fourth-order valence-corrected chi connectivity index (χ4v) is 2.26. The van der Waals surface area contributed by atoms with E-state index in [0.717, 1.165) is 0 Å². The summed E-state index contributed by atoms with van der Waals surface area (Å²) in [7, 11) is 0. The van der Waals surface area contributed by atoms with E-state index in [4.69, 9.17) is 9.84 Å². The Bertz CT molecular complexity index is 620. The average Bonchev–Trinajstić information content (AvgIpc) is 2.93. The second-order valence-corrected chi connectivity index (χ2v) is 4.31. The third-order valence-electron chi connectivity index (χ3n) is 3.21. The van der Waals surface area contributed by atoms with E-state index in [2.05, 4.69) is 9.97 Å². The lowest BCUT2D eigenvalue weighted by atomic mass is 10.2. The number of aliphatic hydroxyl groups is 2. The highest BCUT2D eigenvalue weighted by Crippen LogP contribution is 2.30. The predicted octanol–water partition coefficient (Wildman–Crippen LogP) is -0.635. The molecule has 96 valence electrons. The molecule has 0 radical (unpaired) electrons. The van der Waals surface area contributed by atoms with Gasteiger partial charge in [0, 0.05) is 12.6 Å². The van der Waals surface area contributed by atoms with Crippen LogP contribution in [0.4, 0.5) is 0 Å². The summed E-state index contributed by atoms with van der Waals surface area (Å²) in [6, 6.07) is 1.66. The Kier molecular flexibility index (Phi) is 2.66. The van der Waals surface area contributed by atoms with Crippen molar-refractivity contribution in [2.45, 2.75) is 24.9 Å². The number of rotatable bonds is 2. The second kappa shape index (κ2) is 4.20. The number of hydrogen-bond donors (Lipinski definition) is 3. The molecule has 2 aromatic heterocycles. The average molecular weight is 251 g/mol. The molecule has 3 rings (SSSR count). The molecule has 18 heavy (non-hydrogen) atoms. The molecule has 1 fully saturated rings. The lowest BCUT2D eigenvalue weighted by Crippen LogP contribution is -2.24. The topological polar surface area (TPSA) is 100 Å². The van der Waals surface area contributed by atoms with Crippen molar-refractivity contribution in [2.24, 2.45) is 0 Å². The van der Waals surface area contributed by atoms with Crippen molar-refractivity contribution in [3.05, 3.63) is 28.9 Å². The van der Waals surface area contributed by atoms with E-state index < -0.39 is 18.4 Å². The highest BCUT2D eigenvalue weighted by molar-refractivity contribution is 5.74. The van der Waals surface area contributed by atoms with E-state index in [-0.39, 0.29) is 12.2 Å². The lowest BCUT2D eigenvalue weighted by Gasteiger charge is -2.14.